The molecule has 1 amide bonds. The van der Waals surface area contributed by atoms with E-state index in [2.05, 4.69) is 22.3 Å². The van der Waals surface area contributed by atoms with Gasteiger partial charge in [-0.1, -0.05) is 48.5 Å². The number of carbonyl (C=O) groups is 1. The Morgan fingerprint density at radius 3 is 2.77 bits per heavy atom. The van der Waals surface area contributed by atoms with Crippen molar-refractivity contribution in [3.8, 4) is 0 Å². The van der Waals surface area contributed by atoms with Crippen molar-refractivity contribution in [2.75, 3.05) is 19.8 Å². The maximum atomic E-state index is 13.1. The van der Waals surface area contributed by atoms with Crippen molar-refractivity contribution in [3.05, 3.63) is 65.9 Å². The smallest absolute Gasteiger partial charge is 0.228 e. The molecule has 5 nitrogen and oxygen atoms in total. The topological polar surface area (TPSA) is 58.2 Å². The van der Waals surface area contributed by atoms with Crippen LogP contribution in [-0.2, 0) is 22.4 Å². The largest absolute Gasteiger partial charge is 0.379 e. The summed E-state index contributed by atoms with van der Waals surface area (Å²) in [5, 5.41) is 8.36. The molecular formula is C21H23N3O2. The summed E-state index contributed by atoms with van der Waals surface area (Å²) in [6, 6.07) is 18.4. The van der Waals surface area contributed by atoms with Crippen molar-refractivity contribution in [1.82, 2.24) is 15.1 Å². The molecule has 3 aromatic rings. The van der Waals surface area contributed by atoms with Crippen LogP contribution in [0.5, 0.6) is 0 Å². The van der Waals surface area contributed by atoms with Crippen molar-refractivity contribution in [1.29, 1.82) is 0 Å². The Kier molecular flexibility index (Phi) is 4.97. The first-order valence-electron chi connectivity index (χ1n) is 9.14. The molecule has 5 heteroatoms. The normalized spacial score (nSPS) is 16.8. The lowest BCUT2D eigenvalue weighted by molar-refractivity contribution is -0.132. The molecule has 26 heavy (non-hydrogen) atoms. The zero-order chi connectivity index (χ0) is 17.8. The highest BCUT2D eigenvalue weighted by atomic mass is 16.5. The molecule has 0 aliphatic carbocycles. The summed E-state index contributed by atoms with van der Waals surface area (Å²) in [5.41, 5.74) is 3.03. The minimum atomic E-state index is 0.130. The number of nitrogens with one attached hydrogen (secondary N) is 1. The lowest BCUT2D eigenvalue weighted by Crippen LogP contribution is -2.43. The van der Waals surface area contributed by atoms with Crippen molar-refractivity contribution < 1.29 is 9.53 Å². The van der Waals surface area contributed by atoms with E-state index in [1.54, 1.807) is 0 Å². The van der Waals surface area contributed by atoms with Gasteiger partial charge in [0.25, 0.3) is 0 Å². The third-order valence-corrected chi connectivity index (χ3v) is 5.02. The molecule has 0 bridgehead atoms. The average molecular weight is 349 g/mol. The summed E-state index contributed by atoms with van der Waals surface area (Å²) >= 11 is 0. The Hall–Kier alpha value is -2.66. The second kappa shape index (κ2) is 7.70. The molecule has 2 aromatic carbocycles. The molecule has 4 rings (SSSR count). The van der Waals surface area contributed by atoms with E-state index in [-0.39, 0.29) is 11.9 Å². The summed E-state index contributed by atoms with van der Waals surface area (Å²) in [4.78, 5) is 15.1. The van der Waals surface area contributed by atoms with E-state index < -0.39 is 0 Å². The third kappa shape index (κ3) is 3.63. The lowest BCUT2D eigenvalue weighted by Gasteiger charge is -2.28. The Balaban J connectivity index is 1.50. The van der Waals surface area contributed by atoms with Crippen molar-refractivity contribution >= 4 is 16.8 Å². The van der Waals surface area contributed by atoms with Gasteiger partial charge in [0, 0.05) is 18.5 Å². The molecule has 1 unspecified atom stereocenters. The van der Waals surface area contributed by atoms with Gasteiger partial charge >= 0.3 is 0 Å². The molecule has 0 saturated carbocycles. The molecule has 0 radical (unpaired) electrons. The number of aromatic amines is 1. The summed E-state index contributed by atoms with van der Waals surface area (Å²) in [6.07, 6.45) is 2.10. The predicted octanol–water partition coefficient (Wildman–Crippen LogP) is 2.97. The zero-order valence-electron chi connectivity index (χ0n) is 14.7. The first kappa shape index (κ1) is 16.8. The van der Waals surface area contributed by atoms with E-state index in [0.29, 0.717) is 19.6 Å². The van der Waals surface area contributed by atoms with Crippen LogP contribution in [0, 0.1) is 0 Å². The maximum absolute atomic E-state index is 13.1. The summed E-state index contributed by atoms with van der Waals surface area (Å²) in [6.45, 7) is 2.07. The fourth-order valence-electron chi connectivity index (χ4n) is 3.57. The summed E-state index contributed by atoms with van der Waals surface area (Å²) in [7, 11) is 0. The van der Waals surface area contributed by atoms with Gasteiger partial charge in [-0.05, 0) is 24.5 Å². The van der Waals surface area contributed by atoms with Crippen LogP contribution in [-0.4, -0.2) is 46.8 Å². The molecule has 1 saturated heterocycles. The number of hydrogen-bond acceptors (Lipinski definition) is 3. The predicted molar refractivity (Wildman–Crippen MR) is 101 cm³/mol. The van der Waals surface area contributed by atoms with Crippen LogP contribution in [0.25, 0.3) is 10.9 Å². The highest BCUT2D eigenvalue weighted by Gasteiger charge is 2.27. The third-order valence-electron chi connectivity index (χ3n) is 5.02. The van der Waals surface area contributed by atoms with E-state index in [1.165, 1.54) is 5.56 Å². The lowest BCUT2D eigenvalue weighted by atomic mass is 10.1. The minimum Gasteiger partial charge on any atom is -0.379 e. The molecule has 1 atom stereocenters. The number of para-hydroxylation sites is 1. The van der Waals surface area contributed by atoms with Crippen molar-refractivity contribution in [3.63, 3.8) is 0 Å². The van der Waals surface area contributed by atoms with Gasteiger partial charge in [-0.3, -0.25) is 9.89 Å². The standard InChI is InChI=1S/C21H23N3O2/c25-21(14-20-18-8-4-5-9-19(18)22-23-20)24(17-11-13-26-15-17)12-10-16-6-2-1-3-7-16/h1-9,17H,10-15H2,(H,22,23). The Morgan fingerprint density at radius 1 is 1.15 bits per heavy atom. The van der Waals surface area contributed by atoms with Gasteiger partial charge in [0.05, 0.1) is 30.3 Å². The highest BCUT2D eigenvalue weighted by molar-refractivity contribution is 5.87. The monoisotopic (exact) mass is 349 g/mol. The second-order valence-electron chi connectivity index (χ2n) is 6.74. The Labute approximate surface area is 153 Å². The first-order chi connectivity index (χ1) is 12.8. The molecule has 1 fully saturated rings. The highest BCUT2D eigenvalue weighted by Crippen LogP contribution is 2.19. The number of hydrogen-bond donors (Lipinski definition) is 1. The van der Waals surface area contributed by atoms with Crippen LogP contribution in [0.1, 0.15) is 17.7 Å². The van der Waals surface area contributed by atoms with E-state index in [0.717, 1.165) is 36.0 Å². The molecule has 1 aromatic heterocycles. The number of nitrogens with zero attached hydrogens (tertiary/aromatic N) is 2. The van der Waals surface area contributed by atoms with Gasteiger partial charge in [0.15, 0.2) is 0 Å². The quantitative estimate of drug-likeness (QED) is 0.744. The van der Waals surface area contributed by atoms with E-state index in [1.807, 2.05) is 47.4 Å². The van der Waals surface area contributed by atoms with Crippen molar-refractivity contribution in [2.24, 2.45) is 0 Å². The SMILES string of the molecule is O=C(Cc1[nH]nc2ccccc12)N(CCc1ccccc1)C1CCOC1. The molecule has 0 spiro atoms. The fraction of sp³-hybridized carbons (Fsp3) is 0.333. The van der Waals surface area contributed by atoms with E-state index in [9.17, 15) is 4.79 Å². The van der Waals surface area contributed by atoms with Crippen LogP contribution >= 0.6 is 0 Å². The summed E-state index contributed by atoms with van der Waals surface area (Å²) in [5.74, 6) is 0.130. The van der Waals surface area contributed by atoms with Crippen LogP contribution in [0.4, 0.5) is 0 Å². The summed E-state index contributed by atoms with van der Waals surface area (Å²) < 4.78 is 5.53. The number of aromatic nitrogens is 2. The molecule has 1 aliphatic rings. The molecule has 2 heterocycles. The minimum absolute atomic E-state index is 0.130. The number of H-pyrrole nitrogens is 1. The zero-order valence-corrected chi connectivity index (χ0v) is 14.7. The van der Waals surface area contributed by atoms with Gasteiger partial charge in [-0.25, -0.2) is 0 Å². The van der Waals surface area contributed by atoms with E-state index in [4.69, 9.17) is 4.74 Å². The first-order valence-corrected chi connectivity index (χ1v) is 9.14. The Bertz CT molecular complexity index is 869. The number of fused-ring (bicyclic) bond motifs is 1. The van der Waals surface area contributed by atoms with Gasteiger partial charge < -0.3 is 9.64 Å². The van der Waals surface area contributed by atoms with Crippen LogP contribution in [0.3, 0.4) is 0 Å². The number of carbonyl (C=O) groups excluding carboxylic acids is 1. The van der Waals surface area contributed by atoms with Gasteiger partial charge in [0.2, 0.25) is 5.91 Å². The van der Waals surface area contributed by atoms with Crippen LogP contribution in [0.15, 0.2) is 54.6 Å². The number of amides is 1. The molecular weight excluding hydrogens is 326 g/mol. The number of ether oxygens (including phenoxy) is 1. The van der Waals surface area contributed by atoms with Crippen LogP contribution < -0.4 is 0 Å². The van der Waals surface area contributed by atoms with Gasteiger partial charge in [0.1, 0.15) is 0 Å². The van der Waals surface area contributed by atoms with Gasteiger partial charge in [-0.2, -0.15) is 5.10 Å². The molecule has 1 N–H and O–H groups in total. The number of benzene rings is 2. The second-order valence-corrected chi connectivity index (χ2v) is 6.74. The van der Waals surface area contributed by atoms with E-state index >= 15 is 0 Å². The molecule has 134 valence electrons. The maximum Gasteiger partial charge on any atom is 0.228 e. The Morgan fingerprint density at radius 2 is 1.96 bits per heavy atom. The fourth-order valence-corrected chi connectivity index (χ4v) is 3.57. The van der Waals surface area contributed by atoms with Crippen molar-refractivity contribution in [2.45, 2.75) is 25.3 Å². The average Bonchev–Trinajstić information content (AvgIpc) is 3.34. The van der Waals surface area contributed by atoms with Crippen LogP contribution in [0.2, 0.25) is 0 Å². The van der Waals surface area contributed by atoms with Gasteiger partial charge in [-0.15, -0.1) is 0 Å². The number of rotatable bonds is 6. The molecule has 1 aliphatic heterocycles.